The van der Waals surface area contributed by atoms with E-state index >= 15 is 0 Å². The van der Waals surface area contributed by atoms with E-state index in [1.54, 1.807) is 6.20 Å². The maximum atomic E-state index is 12.9. The summed E-state index contributed by atoms with van der Waals surface area (Å²) in [5.74, 6) is -0.419. The molecule has 1 saturated carbocycles. The third-order valence-electron chi connectivity index (χ3n) is 7.49. The van der Waals surface area contributed by atoms with Crippen LogP contribution in [0.15, 0.2) is 85.1 Å². The van der Waals surface area contributed by atoms with E-state index < -0.39 is 5.97 Å². The summed E-state index contributed by atoms with van der Waals surface area (Å²) in [6.07, 6.45) is 3.85. The molecule has 0 spiro atoms. The zero-order valence-corrected chi connectivity index (χ0v) is 21.7. The number of rotatable bonds is 6. The molecule has 4 N–H and O–H groups in total. The first-order valence-corrected chi connectivity index (χ1v) is 13.3. The largest absolute Gasteiger partial charge is 0.481 e. The minimum absolute atomic E-state index is 0.0809. The third kappa shape index (κ3) is 4.89. The summed E-state index contributed by atoms with van der Waals surface area (Å²) in [5.41, 5.74) is 11.6. The number of carboxylic acids is 1. The van der Waals surface area contributed by atoms with Gasteiger partial charge in [0.05, 0.1) is 17.2 Å². The fourth-order valence-corrected chi connectivity index (χ4v) is 5.30. The maximum absolute atomic E-state index is 12.9. The van der Waals surface area contributed by atoms with Crippen molar-refractivity contribution < 1.29 is 14.7 Å². The van der Waals surface area contributed by atoms with Crippen LogP contribution in [0.1, 0.15) is 25.7 Å². The molecule has 3 aromatic heterocycles. The number of carbonyl (C=O) groups excluding carboxylic acids is 1. The van der Waals surface area contributed by atoms with Crippen LogP contribution in [0.25, 0.3) is 39.5 Å². The van der Waals surface area contributed by atoms with Crippen LogP contribution in [0.5, 0.6) is 0 Å². The number of benzene rings is 2. The summed E-state index contributed by atoms with van der Waals surface area (Å²) in [6.45, 7) is 0. The molecule has 6 rings (SSSR count). The van der Waals surface area contributed by atoms with Crippen LogP contribution >= 0.6 is 0 Å². The van der Waals surface area contributed by atoms with Crippen molar-refractivity contribution in [3.8, 4) is 28.3 Å². The van der Waals surface area contributed by atoms with Gasteiger partial charge < -0.3 is 16.2 Å². The second-order valence-corrected chi connectivity index (χ2v) is 10.0. The Morgan fingerprint density at radius 3 is 2.27 bits per heavy atom. The minimum atomic E-state index is -0.778. The van der Waals surface area contributed by atoms with Crippen LogP contribution in [0.4, 0.5) is 11.5 Å². The molecule has 1 aliphatic carbocycles. The van der Waals surface area contributed by atoms with Crippen molar-refractivity contribution in [1.82, 2.24) is 19.5 Å². The van der Waals surface area contributed by atoms with Gasteiger partial charge in [0.2, 0.25) is 5.91 Å². The Morgan fingerprint density at radius 2 is 1.57 bits per heavy atom. The van der Waals surface area contributed by atoms with Gasteiger partial charge in [0.1, 0.15) is 11.3 Å². The van der Waals surface area contributed by atoms with Crippen molar-refractivity contribution >= 4 is 34.5 Å². The van der Waals surface area contributed by atoms with E-state index in [4.69, 9.17) is 15.7 Å². The Labute approximate surface area is 230 Å². The molecule has 1 fully saturated rings. The quantitative estimate of drug-likeness (QED) is 0.260. The van der Waals surface area contributed by atoms with Crippen molar-refractivity contribution in [1.29, 1.82) is 0 Å². The van der Waals surface area contributed by atoms with E-state index in [0.717, 1.165) is 16.9 Å². The molecule has 9 heteroatoms. The molecule has 2 aromatic carbocycles. The highest BCUT2D eigenvalue weighted by atomic mass is 16.4. The molecule has 9 nitrogen and oxygen atoms in total. The lowest BCUT2D eigenvalue weighted by Crippen LogP contribution is -2.29. The van der Waals surface area contributed by atoms with Gasteiger partial charge >= 0.3 is 5.97 Å². The van der Waals surface area contributed by atoms with Gasteiger partial charge in [-0.1, -0.05) is 30.3 Å². The van der Waals surface area contributed by atoms with Crippen molar-refractivity contribution in [2.24, 2.45) is 11.8 Å². The monoisotopic (exact) mass is 532 g/mol. The molecule has 0 unspecified atom stereocenters. The Kier molecular flexibility index (Phi) is 6.69. The van der Waals surface area contributed by atoms with Crippen molar-refractivity contribution in [2.75, 3.05) is 11.1 Å². The van der Waals surface area contributed by atoms with E-state index in [1.807, 2.05) is 83.4 Å². The summed E-state index contributed by atoms with van der Waals surface area (Å²) < 4.78 is 1.95. The summed E-state index contributed by atoms with van der Waals surface area (Å²) in [4.78, 5) is 38.2. The summed E-state index contributed by atoms with van der Waals surface area (Å²) in [7, 11) is 0. The van der Waals surface area contributed by atoms with E-state index in [-0.39, 0.29) is 17.7 Å². The molecular formula is C31H28N6O3. The molecule has 1 amide bonds. The Bertz CT molecular complexity index is 1690. The number of hydrogen-bond donors (Lipinski definition) is 3. The zero-order chi connectivity index (χ0) is 27.6. The second-order valence-electron chi connectivity index (χ2n) is 10.0. The fourth-order valence-electron chi connectivity index (χ4n) is 5.30. The Balaban J connectivity index is 1.34. The number of nitrogen functional groups attached to an aromatic ring is 1. The summed E-state index contributed by atoms with van der Waals surface area (Å²) in [6, 6.07) is 25.1. The number of fused-ring (bicyclic) bond motifs is 1. The lowest BCUT2D eigenvalue weighted by Gasteiger charge is -2.25. The molecule has 0 saturated heterocycles. The second kappa shape index (κ2) is 10.6. The number of nitrogens with zero attached hydrogens (tertiary/aromatic N) is 4. The Morgan fingerprint density at radius 1 is 0.850 bits per heavy atom. The van der Waals surface area contributed by atoms with Gasteiger partial charge in [0.25, 0.3) is 0 Å². The number of carboxylic acid groups (broad SMARTS) is 1. The molecule has 200 valence electrons. The van der Waals surface area contributed by atoms with E-state index in [1.165, 1.54) is 0 Å². The number of nitrogens with two attached hydrogens (primary N) is 1. The predicted octanol–water partition coefficient (Wildman–Crippen LogP) is 5.56. The molecule has 3 heterocycles. The number of nitrogens with one attached hydrogen (secondary N) is 1. The number of hydrogen-bond acceptors (Lipinski definition) is 6. The van der Waals surface area contributed by atoms with Crippen molar-refractivity contribution in [2.45, 2.75) is 25.7 Å². The number of carbonyl (C=O) groups is 2. The van der Waals surface area contributed by atoms with Crippen LogP contribution in [-0.2, 0) is 9.59 Å². The standard InChI is InChI=1S/C31H28N6O3/c32-27-24(7-4-18-33-27)28-36-26-17-16-25(19-5-2-1-3-6-19)35-29(26)37(28)23-14-12-22(13-15-23)34-30(38)20-8-10-21(11-9-20)31(39)40/h1-7,12-18,20-21H,8-11H2,(H2,32,33)(H,34,38)(H,39,40). The summed E-state index contributed by atoms with van der Waals surface area (Å²) >= 11 is 0. The van der Waals surface area contributed by atoms with Crippen LogP contribution in [0.3, 0.4) is 0 Å². The highest BCUT2D eigenvalue weighted by molar-refractivity contribution is 5.93. The number of anilines is 2. The van der Waals surface area contributed by atoms with Crippen LogP contribution < -0.4 is 11.1 Å². The third-order valence-corrected chi connectivity index (χ3v) is 7.49. The number of aromatic nitrogens is 4. The highest BCUT2D eigenvalue weighted by Gasteiger charge is 2.29. The maximum Gasteiger partial charge on any atom is 0.306 e. The van der Waals surface area contributed by atoms with Gasteiger partial charge in [-0.25, -0.2) is 15.0 Å². The van der Waals surface area contributed by atoms with Gasteiger partial charge in [-0.3, -0.25) is 14.2 Å². The molecule has 1 aliphatic rings. The lowest BCUT2D eigenvalue weighted by atomic mass is 9.81. The molecular weight excluding hydrogens is 504 g/mol. The average molecular weight is 533 g/mol. The first-order valence-electron chi connectivity index (χ1n) is 13.3. The molecule has 5 aromatic rings. The minimum Gasteiger partial charge on any atom is -0.481 e. The zero-order valence-electron chi connectivity index (χ0n) is 21.7. The van der Waals surface area contributed by atoms with Crippen molar-refractivity contribution in [3.63, 3.8) is 0 Å². The SMILES string of the molecule is Nc1ncccc1-c1nc2ccc(-c3ccccc3)nc2n1-c1ccc(NC(=O)C2CCC(C(=O)O)CC2)cc1. The molecule has 0 bridgehead atoms. The van der Waals surface area contributed by atoms with Crippen LogP contribution in [-0.4, -0.2) is 36.5 Å². The number of aliphatic carboxylic acids is 1. The number of pyridine rings is 2. The fraction of sp³-hybridized carbons (Fsp3) is 0.194. The van der Waals surface area contributed by atoms with Gasteiger partial charge in [0, 0.05) is 29.1 Å². The molecule has 0 atom stereocenters. The topological polar surface area (TPSA) is 136 Å². The normalized spacial score (nSPS) is 17.0. The lowest BCUT2D eigenvalue weighted by molar-refractivity contribution is -0.143. The molecule has 0 radical (unpaired) electrons. The number of amides is 1. The van der Waals surface area contributed by atoms with Gasteiger partial charge in [-0.2, -0.15) is 0 Å². The van der Waals surface area contributed by atoms with E-state index in [0.29, 0.717) is 59.7 Å². The van der Waals surface area contributed by atoms with Crippen LogP contribution in [0, 0.1) is 11.8 Å². The number of imidazole rings is 1. The van der Waals surface area contributed by atoms with Gasteiger partial charge in [0.15, 0.2) is 11.5 Å². The van der Waals surface area contributed by atoms with E-state index in [9.17, 15) is 14.7 Å². The molecule has 40 heavy (non-hydrogen) atoms. The first-order chi connectivity index (χ1) is 19.5. The first kappa shape index (κ1) is 25.2. The smallest absolute Gasteiger partial charge is 0.306 e. The molecule has 0 aliphatic heterocycles. The predicted molar refractivity (Wildman–Crippen MR) is 154 cm³/mol. The Hall–Kier alpha value is -5.05. The highest BCUT2D eigenvalue weighted by Crippen LogP contribution is 2.33. The van der Waals surface area contributed by atoms with Gasteiger partial charge in [-0.15, -0.1) is 0 Å². The van der Waals surface area contributed by atoms with Gasteiger partial charge in [-0.05, 0) is 74.2 Å². The average Bonchev–Trinajstić information content (AvgIpc) is 3.37. The van der Waals surface area contributed by atoms with Crippen molar-refractivity contribution in [3.05, 3.63) is 85.1 Å². The van der Waals surface area contributed by atoms with Crippen LogP contribution in [0.2, 0.25) is 0 Å². The summed E-state index contributed by atoms with van der Waals surface area (Å²) in [5, 5.41) is 12.2. The van der Waals surface area contributed by atoms with E-state index in [2.05, 4.69) is 10.3 Å².